The molecule has 1 aliphatic carbocycles. The van der Waals surface area contributed by atoms with E-state index in [1.165, 1.54) is 0 Å². The summed E-state index contributed by atoms with van der Waals surface area (Å²) in [4.78, 5) is 16.3. The maximum atomic E-state index is 6.29. The van der Waals surface area contributed by atoms with Gasteiger partial charge in [-0.05, 0) is 44.1 Å². The molecule has 1 saturated carbocycles. The van der Waals surface area contributed by atoms with Gasteiger partial charge in [0.15, 0.2) is 5.52 Å². The number of anilines is 2. The fourth-order valence-electron chi connectivity index (χ4n) is 3.74. The smallest absolute Gasteiger partial charge is 0.246 e. The van der Waals surface area contributed by atoms with Crippen LogP contribution >= 0.6 is 0 Å². The predicted molar refractivity (Wildman–Crippen MR) is 129 cm³/mol. The van der Waals surface area contributed by atoms with Gasteiger partial charge in [0, 0.05) is 38.6 Å². The lowest BCUT2D eigenvalue weighted by Crippen LogP contribution is -2.15. The van der Waals surface area contributed by atoms with Crippen LogP contribution in [0.25, 0.3) is 28.0 Å². The molecule has 0 unspecified atom stereocenters. The maximum Gasteiger partial charge on any atom is 0.246 e. The number of hydrogen-bond acceptors (Lipinski definition) is 8. The zero-order valence-corrected chi connectivity index (χ0v) is 19.3. The Morgan fingerprint density at radius 2 is 1.91 bits per heavy atom. The minimum atomic E-state index is -0.206. The third-order valence-corrected chi connectivity index (χ3v) is 6.00. The van der Waals surface area contributed by atoms with Crippen LogP contribution in [0.15, 0.2) is 55.3 Å². The quantitative estimate of drug-likeness (QED) is 0.471. The Morgan fingerprint density at radius 1 is 1.03 bits per heavy atom. The zero-order valence-electron chi connectivity index (χ0n) is 19.3. The number of rotatable bonds is 6. The lowest BCUT2D eigenvalue weighted by molar-refractivity contribution is 0.194. The Labute approximate surface area is 196 Å². The van der Waals surface area contributed by atoms with E-state index in [1.54, 1.807) is 17.1 Å². The van der Waals surface area contributed by atoms with E-state index >= 15 is 0 Å². The molecule has 0 atom stereocenters. The van der Waals surface area contributed by atoms with Gasteiger partial charge in [0.2, 0.25) is 11.8 Å². The zero-order chi connectivity index (χ0) is 23.3. The number of pyridine rings is 1. The second-order valence-corrected chi connectivity index (χ2v) is 9.05. The number of aryl methyl sites for hydroxylation is 1. The number of allylic oxidation sites excluding steroid dienone is 2. The molecular formula is C24H25N9O. The van der Waals surface area contributed by atoms with Gasteiger partial charge in [0.25, 0.3) is 0 Å². The molecule has 10 heteroatoms. The Balaban J connectivity index is 1.34. The van der Waals surface area contributed by atoms with Crippen LogP contribution in [0, 0.1) is 0 Å². The molecule has 172 valence electrons. The third-order valence-electron chi connectivity index (χ3n) is 6.00. The number of aromatic nitrogens is 7. The van der Waals surface area contributed by atoms with Gasteiger partial charge in [-0.1, -0.05) is 0 Å². The molecule has 0 radical (unpaired) electrons. The third kappa shape index (κ3) is 3.98. The highest BCUT2D eigenvalue weighted by Gasteiger charge is 2.41. The van der Waals surface area contributed by atoms with Crippen molar-refractivity contribution in [3.05, 3.63) is 55.3 Å². The van der Waals surface area contributed by atoms with Crippen molar-refractivity contribution in [3.63, 3.8) is 0 Å². The van der Waals surface area contributed by atoms with E-state index in [0.717, 1.165) is 42.0 Å². The van der Waals surface area contributed by atoms with E-state index < -0.39 is 0 Å². The molecule has 6 rings (SSSR count). The van der Waals surface area contributed by atoms with Crippen LogP contribution in [0.4, 0.5) is 11.6 Å². The summed E-state index contributed by atoms with van der Waals surface area (Å²) in [6.45, 7) is 2.93. The second kappa shape index (κ2) is 7.68. The molecule has 0 spiro atoms. The summed E-state index contributed by atoms with van der Waals surface area (Å²) >= 11 is 0. The van der Waals surface area contributed by atoms with Gasteiger partial charge in [-0.25, -0.2) is 14.6 Å². The monoisotopic (exact) mass is 455 g/mol. The van der Waals surface area contributed by atoms with E-state index in [4.69, 9.17) is 19.7 Å². The van der Waals surface area contributed by atoms with E-state index in [0.29, 0.717) is 22.9 Å². The second-order valence-electron chi connectivity index (χ2n) is 9.05. The summed E-state index contributed by atoms with van der Waals surface area (Å²) in [5, 5.41) is 12.0. The summed E-state index contributed by atoms with van der Waals surface area (Å²) in [5.74, 6) is 0.918. The number of nitrogens with zero attached hydrogens (tertiary/aromatic N) is 8. The van der Waals surface area contributed by atoms with Crippen LogP contribution in [0.1, 0.15) is 19.8 Å². The highest BCUT2D eigenvalue weighted by atomic mass is 16.5. The van der Waals surface area contributed by atoms with E-state index in [-0.39, 0.29) is 5.60 Å². The number of nitrogens with one attached hydrogen (secondary N) is 1. The highest BCUT2D eigenvalue weighted by Crippen LogP contribution is 2.41. The van der Waals surface area contributed by atoms with Gasteiger partial charge in [-0.2, -0.15) is 15.2 Å². The van der Waals surface area contributed by atoms with Crippen molar-refractivity contribution in [2.75, 3.05) is 18.9 Å². The van der Waals surface area contributed by atoms with Crippen LogP contribution in [-0.2, 0) is 7.05 Å². The van der Waals surface area contributed by atoms with Crippen molar-refractivity contribution in [2.45, 2.75) is 25.4 Å². The average molecular weight is 456 g/mol. The van der Waals surface area contributed by atoms with E-state index in [9.17, 15) is 0 Å². The molecule has 4 aromatic rings. The molecule has 1 aliphatic heterocycles. The first-order valence-corrected chi connectivity index (χ1v) is 11.2. The van der Waals surface area contributed by atoms with Crippen molar-refractivity contribution in [3.8, 4) is 17.1 Å². The molecule has 0 bridgehead atoms. The number of likely N-dealkylation sites (N-methyl/N-ethyl adjacent to an activating group) is 1. The SMILES string of the molecule is CN1C=CC(n2cc(Nc3nc(OC4(C)CC4)c4nc(-c5cnn(C)c5)ccc4n3)cn2)=CC1. The minimum absolute atomic E-state index is 0.206. The molecule has 10 nitrogen and oxygen atoms in total. The van der Waals surface area contributed by atoms with Gasteiger partial charge in [0.1, 0.15) is 5.60 Å². The highest BCUT2D eigenvalue weighted by molar-refractivity contribution is 5.83. The maximum absolute atomic E-state index is 6.29. The van der Waals surface area contributed by atoms with Crippen molar-refractivity contribution >= 4 is 28.4 Å². The molecule has 4 aromatic heterocycles. The topological polar surface area (TPSA) is 98.8 Å². The van der Waals surface area contributed by atoms with E-state index in [2.05, 4.69) is 33.4 Å². The fourth-order valence-corrected chi connectivity index (χ4v) is 3.74. The van der Waals surface area contributed by atoms with Crippen molar-refractivity contribution in [2.24, 2.45) is 7.05 Å². The number of fused-ring (bicyclic) bond motifs is 1. The molecule has 0 amide bonds. The van der Waals surface area contributed by atoms with Crippen molar-refractivity contribution < 1.29 is 4.74 Å². The minimum Gasteiger partial charge on any atom is -0.470 e. The van der Waals surface area contributed by atoms with Crippen molar-refractivity contribution in [1.82, 2.24) is 39.4 Å². The van der Waals surface area contributed by atoms with Crippen LogP contribution in [-0.4, -0.2) is 58.6 Å². The van der Waals surface area contributed by atoms with Crippen LogP contribution in [0.2, 0.25) is 0 Å². The summed E-state index contributed by atoms with van der Waals surface area (Å²) in [5.41, 5.74) is 4.67. The van der Waals surface area contributed by atoms with Crippen LogP contribution in [0.3, 0.4) is 0 Å². The summed E-state index contributed by atoms with van der Waals surface area (Å²) in [7, 11) is 3.92. The Hall–Kier alpha value is -4.21. The molecule has 2 aliphatic rings. The van der Waals surface area contributed by atoms with Crippen LogP contribution < -0.4 is 10.1 Å². The lowest BCUT2D eigenvalue weighted by Gasteiger charge is -2.16. The van der Waals surface area contributed by atoms with Gasteiger partial charge < -0.3 is 15.0 Å². The molecule has 5 heterocycles. The van der Waals surface area contributed by atoms with Crippen molar-refractivity contribution in [1.29, 1.82) is 0 Å². The van der Waals surface area contributed by atoms with E-state index in [1.807, 2.05) is 55.6 Å². The molecule has 1 fully saturated rings. The lowest BCUT2D eigenvalue weighted by atomic mass is 10.2. The van der Waals surface area contributed by atoms with Gasteiger partial charge in [0.05, 0.1) is 41.2 Å². The van der Waals surface area contributed by atoms with Crippen LogP contribution in [0.5, 0.6) is 5.88 Å². The number of hydrogen-bond donors (Lipinski definition) is 1. The molecule has 0 aromatic carbocycles. The standard InChI is InChI=1S/C24H25N9O/c1-24(8-9-24)34-22-21-20(5-4-19(28-21)16-12-25-32(3)14-16)29-23(30-22)27-17-13-26-33(15-17)18-6-10-31(2)11-7-18/h4-7,10,12-15H,8-9,11H2,1-3H3,(H,27,29,30). The normalized spacial score (nSPS) is 16.6. The Morgan fingerprint density at radius 3 is 2.65 bits per heavy atom. The Kier molecular flexibility index (Phi) is 4.61. The van der Waals surface area contributed by atoms with Gasteiger partial charge >= 0.3 is 0 Å². The first-order valence-electron chi connectivity index (χ1n) is 11.2. The first kappa shape index (κ1) is 20.4. The average Bonchev–Trinajstić information content (AvgIpc) is 3.18. The molecular weight excluding hydrogens is 430 g/mol. The first-order chi connectivity index (χ1) is 16.4. The summed E-state index contributed by atoms with van der Waals surface area (Å²) in [6, 6.07) is 3.88. The largest absolute Gasteiger partial charge is 0.470 e. The number of ether oxygens (including phenoxy) is 1. The predicted octanol–water partition coefficient (Wildman–Crippen LogP) is 3.60. The van der Waals surface area contributed by atoms with Gasteiger partial charge in [-0.15, -0.1) is 0 Å². The summed E-state index contributed by atoms with van der Waals surface area (Å²) in [6.07, 6.45) is 15.6. The summed E-state index contributed by atoms with van der Waals surface area (Å²) < 4.78 is 9.88. The Bertz CT molecular complexity index is 1440. The molecule has 0 saturated heterocycles. The van der Waals surface area contributed by atoms with Gasteiger partial charge in [-0.3, -0.25) is 4.68 Å². The fraction of sp³-hybridized carbons (Fsp3) is 0.292. The molecule has 1 N–H and O–H groups in total. The molecule has 34 heavy (non-hydrogen) atoms.